The first-order valence-corrected chi connectivity index (χ1v) is 8.26. The van der Waals surface area contributed by atoms with Gasteiger partial charge in [0.1, 0.15) is 11.3 Å². The van der Waals surface area contributed by atoms with E-state index >= 15 is 0 Å². The highest BCUT2D eigenvalue weighted by Gasteiger charge is 2.28. The van der Waals surface area contributed by atoms with Crippen molar-refractivity contribution in [3.05, 3.63) is 52.1 Å². The second kappa shape index (κ2) is 8.25. The zero-order valence-corrected chi connectivity index (χ0v) is 14.8. The summed E-state index contributed by atoms with van der Waals surface area (Å²) in [6.07, 6.45) is 0. The van der Waals surface area contributed by atoms with Gasteiger partial charge < -0.3 is 24.3 Å². The average molecular weight is 388 g/mol. The van der Waals surface area contributed by atoms with Gasteiger partial charge in [0.25, 0.3) is 11.6 Å². The number of nitrogens with zero attached hydrogens (tertiary/aromatic N) is 1. The number of nitro benzene ring substituents is 1. The van der Waals surface area contributed by atoms with E-state index in [1.807, 2.05) is 0 Å². The third-order valence-corrected chi connectivity index (χ3v) is 3.70. The van der Waals surface area contributed by atoms with Crippen LogP contribution < -0.4 is 19.5 Å². The first-order valence-electron chi connectivity index (χ1n) is 8.26. The van der Waals surface area contributed by atoms with Crippen LogP contribution in [-0.2, 0) is 9.53 Å². The van der Waals surface area contributed by atoms with E-state index in [1.165, 1.54) is 0 Å². The van der Waals surface area contributed by atoms with Gasteiger partial charge in [-0.05, 0) is 19.1 Å². The number of benzene rings is 2. The largest absolute Gasteiger partial charge is 0.492 e. The second-order valence-electron chi connectivity index (χ2n) is 5.53. The van der Waals surface area contributed by atoms with Gasteiger partial charge in [0.2, 0.25) is 6.79 Å². The molecule has 0 aliphatic carbocycles. The topological polar surface area (TPSA) is 126 Å². The minimum absolute atomic E-state index is 0.105. The Morgan fingerprint density at radius 3 is 2.64 bits per heavy atom. The smallest absolute Gasteiger partial charge is 0.345 e. The van der Waals surface area contributed by atoms with E-state index in [0.717, 1.165) is 12.1 Å². The molecular weight excluding hydrogens is 372 g/mol. The summed E-state index contributed by atoms with van der Waals surface area (Å²) in [5.41, 5.74) is -0.424. The molecule has 1 heterocycles. The number of esters is 1. The highest BCUT2D eigenvalue weighted by molar-refractivity contribution is 5.98. The number of amides is 1. The Kier molecular flexibility index (Phi) is 5.58. The van der Waals surface area contributed by atoms with Gasteiger partial charge in [0.05, 0.1) is 23.3 Å². The van der Waals surface area contributed by atoms with Gasteiger partial charge in [-0.1, -0.05) is 12.1 Å². The summed E-state index contributed by atoms with van der Waals surface area (Å²) in [4.78, 5) is 34.8. The van der Waals surface area contributed by atoms with Gasteiger partial charge in [-0.25, -0.2) is 4.79 Å². The summed E-state index contributed by atoms with van der Waals surface area (Å²) >= 11 is 0. The van der Waals surface area contributed by atoms with Gasteiger partial charge >= 0.3 is 5.97 Å². The fourth-order valence-electron chi connectivity index (χ4n) is 2.49. The molecule has 0 atom stereocenters. The minimum Gasteiger partial charge on any atom is -0.492 e. The number of rotatable bonds is 7. The number of nitro groups is 1. The fourth-order valence-corrected chi connectivity index (χ4v) is 2.49. The van der Waals surface area contributed by atoms with Crippen molar-refractivity contribution in [1.82, 2.24) is 0 Å². The summed E-state index contributed by atoms with van der Waals surface area (Å²) in [5, 5.41) is 13.8. The van der Waals surface area contributed by atoms with Crippen molar-refractivity contribution < 1.29 is 33.5 Å². The quantitative estimate of drug-likeness (QED) is 0.436. The van der Waals surface area contributed by atoms with Crippen molar-refractivity contribution in [2.24, 2.45) is 0 Å². The van der Waals surface area contributed by atoms with E-state index in [0.29, 0.717) is 18.0 Å². The van der Waals surface area contributed by atoms with Gasteiger partial charge in [-0.2, -0.15) is 0 Å². The number of carbonyl (C=O) groups excluding carboxylic acids is 2. The molecule has 0 aromatic heterocycles. The molecule has 0 spiro atoms. The molecule has 1 aliphatic rings. The van der Waals surface area contributed by atoms with Crippen LogP contribution in [0.4, 0.5) is 11.4 Å². The minimum atomic E-state index is -1.03. The Labute approximate surface area is 159 Å². The number of hydrogen-bond donors (Lipinski definition) is 1. The zero-order valence-electron chi connectivity index (χ0n) is 14.8. The number of ether oxygens (including phenoxy) is 4. The van der Waals surface area contributed by atoms with Crippen molar-refractivity contribution >= 4 is 23.3 Å². The van der Waals surface area contributed by atoms with Crippen LogP contribution in [0, 0.1) is 10.1 Å². The molecular formula is C18H16N2O8. The van der Waals surface area contributed by atoms with Crippen LogP contribution >= 0.6 is 0 Å². The number of anilines is 1. The number of fused-ring (bicyclic) bond motifs is 1. The lowest BCUT2D eigenvalue weighted by molar-refractivity contribution is -0.385. The van der Waals surface area contributed by atoms with Crippen LogP contribution in [-0.4, -0.2) is 36.8 Å². The van der Waals surface area contributed by atoms with E-state index in [4.69, 9.17) is 18.9 Å². The SMILES string of the molecule is CCOc1ccccc1NC(=O)COC(=O)c1cc2c(cc1[N+](=O)[O-])OCO2. The summed E-state index contributed by atoms with van der Waals surface area (Å²) in [7, 11) is 0. The molecule has 2 aromatic rings. The summed E-state index contributed by atoms with van der Waals surface area (Å²) < 4.78 is 20.5. The summed E-state index contributed by atoms with van der Waals surface area (Å²) in [5.74, 6) is -0.834. The van der Waals surface area contributed by atoms with Gasteiger partial charge in [-0.15, -0.1) is 0 Å². The van der Waals surface area contributed by atoms with Crippen LogP contribution in [0.15, 0.2) is 36.4 Å². The standard InChI is InChI=1S/C18H16N2O8/c1-2-25-14-6-4-3-5-12(14)19-17(21)9-26-18(22)11-7-15-16(28-10-27-15)8-13(11)20(23)24/h3-8H,2,9-10H2,1H3,(H,19,21). The average Bonchev–Trinajstić information content (AvgIpc) is 3.14. The third-order valence-electron chi connectivity index (χ3n) is 3.70. The van der Waals surface area contributed by atoms with Crippen molar-refractivity contribution in [1.29, 1.82) is 0 Å². The molecule has 0 fully saturated rings. The Balaban J connectivity index is 1.68. The van der Waals surface area contributed by atoms with E-state index < -0.39 is 29.1 Å². The van der Waals surface area contributed by atoms with Gasteiger partial charge in [-0.3, -0.25) is 14.9 Å². The highest BCUT2D eigenvalue weighted by atomic mass is 16.7. The Bertz CT molecular complexity index is 928. The first kappa shape index (κ1) is 19.0. The molecule has 0 saturated carbocycles. The molecule has 146 valence electrons. The molecule has 3 rings (SSSR count). The molecule has 10 heteroatoms. The molecule has 1 aliphatic heterocycles. The predicted octanol–water partition coefficient (Wildman–Crippen LogP) is 2.52. The molecule has 10 nitrogen and oxygen atoms in total. The molecule has 2 aromatic carbocycles. The zero-order chi connectivity index (χ0) is 20.1. The van der Waals surface area contributed by atoms with Crippen molar-refractivity contribution in [3.8, 4) is 17.2 Å². The Morgan fingerprint density at radius 1 is 1.21 bits per heavy atom. The number of hydrogen-bond acceptors (Lipinski definition) is 8. The molecule has 0 saturated heterocycles. The Morgan fingerprint density at radius 2 is 1.93 bits per heavy atom. The van der Waals surface area contributed by atoms with E-state index in [2.05, 4.69) is 5.32 Å². The lowest BCUT2D eigenvalue weighted by Crippen LogP contribution is -2.21. The number of carbonyl (C=O) groups is 2. The van der Waals surface area contributed by atoms with Crippen molar-refractivity contribution in [2.45, 2.75) is 6.92 Å². The molecule has 1 N–H and O–H groups in total. The van der Waals surface area contributed by atoms with E-state index in [-0.39, 0.29) is 23.9 Å². The number of para-hydroxylation sites is 2. The fraction of sp³-hybridized carbons (Fsp3) is 0.222. The van der Waals surface area contributed by atoms with Crippen LogP contribution in [0.5, 0.6) is 17.2 Å². The van der Waals surface area contributed by atoms with Crippen LogP contribution in [0.1, 0.15) is 17.3 Å². The van der Waals surface area contributed by atoms with Gasteiger partial charge in [0.15, 0.2) is 18.1 Å². The predicted molar refractivity (Wildman–Crippen MR) is 95.7 cm³/mol. The molecule has 0 unspecified atom stereocenters. The van der Waals surface area contributed by atoms with Crippen molar-refractivity contribution in [2.75, 3.05) is 25.3 Å². The second-order valence-corrected chi connectivity index (χ2v) is 5.53. The molecule has 0 radical (unpaired) electrons. The molecule has 28 heavy (non-hydrogen) atoms. The van der Waals surface area contributed by atoms with Gasteiger partial charge in [0, 0.05) is 6.07 Å². The van der Waals surface area contributed by atoms with Crippen molar-refractivity contribution in [3.63, 3.8) is 0 Å². The molecule has 1 amide bonds. The Hall–Kier alpha value is -3.82. The number of nitrogens with one attached hydrogen (secondary N) is 1. The molecule has 0 bridgehead atoms. The van der Waals surface area contributed by atoms with E-state index in [1.54, 1.807) is 31.2 Å². The lowest BCUT2D eigenvalue weighted by Gasteiger charge is -2.11. The van der Waals surface area contributed by atoms with Crippen LogP contribution in [0.2, 0.25) is 0 Å². The summed E-state index contributed by atoms with van der Waals surface area (Å²) in [6.45, 7) is 1.48. The first-order chi connectivity index (χ1) is 13.5. The van der Waals surface area contributed by atoms with E-state index in [9.17, 15) is 19.7 Å². The lowest BCUT2D eigenvalue weighted by atomic mass is 10.1. The normalized spacial score (nSPS) is 11.6. The maximum atomic E-state index is 12.3. The third kappa shape index (κ3) is 4.11. The monoisotopic (exact) mass is 388 g/mol. The highest BCUT2D eigenvalue weighted by Crippen LogP contribution is 2.38. The van der Waals surface area contributed by atoms with Crippen LogP contribution in [0.25, 0.3) is 0 Å². The van der Waals surface area contributed by atoms with Crippen LogP contribution in [0.3, 0.4) is 0 Å². The summed E-state index contributed by atoms with van der Waals surface area (Å²) in [6, 6.07) is 9.01. The maximum Gasteiger partial charge on any atom is 0.345 e. The maximum absolute atomic E-state index is 12.3.